The molecule has 0 aliphatic heterocycles. The van der Waals surface area contributed by atoms with Crippen molar-refractivity contribution in [3.05, 3.63) is 93.3 Å². The van der Waals surface area contributed by atoms with Gasteiger partial charge in [-0.25, -0.2) is 9.48 Å². The molecule has 0 aliphatic carbocycles. The minimum atomic E-state index is -0.449. The van der Waals surface area contributed by atoms with Crippen LogP contribution in [0.25, 0.3) is 22.2 Å². The number of carbonyl (C=O) groups excluding carboxylic acids is 1. The Hall–Kier alpha value is -4.07. The molecule has 0 aliphatic rings. The fourth-order valence-corrected chi connectivity index (χ4v) is 3.24. The Morgan fingerprint density at radius 1 is 1.20 bits per heavy atom. The van der Waals surface area contributed by atoms with Gasteiger partial charge in [0.05, 0.1) is 24.6 Å². The van der Waals surface area contributed by atoms with Crippen LogP contribution in [-0.2, 0) is 11.3 Å². The lowest BCUT2D eigenvalue weighted by atomic mass is 10.0. The molecule has 0 bridgehead atoms. The molecular formula is C22H18N4O4. The van der Waals surface area contributed by atoms with E-state index in [2.05, 4.69) is 10.1 Å². The van der Waals surface area contributed by atoms with E-state index in [0.717, 1.165) is 11.1 Å². The molecule has 1 aromatic carbocycles. The predicted molar refractivity (Wildman–Crippen MR) is 110 cm³/mol. The second-order valence-corrected chi connectivity index (χ2v) is 6.80. The van der Waals surface area contributed by atoms with Gasteiger partial charge in [0.1, 0.15) is 11.2 Å². The number of carbonyl (C=O) groups is 1. The highest BCUT2D eigenvalue weighted by atomic mass is 16.5. The van der Waals surface area contributed by atoms with Gasteiger partial charge in [0.15, 0.2) is 12.4 Å². The van der Waals surface area contributed by atoms with E-state index in [1.165, 1.54) is 24.2 Å². The smallest absolute Gasteiger partial charge is 0.338 e. The monoisotopic (exact) mass is 402 g/mol. The number of fused-ring (bicyclic) bond motifs is 1. The maximum atomic E-state index is 13.0. The van der Waals surface area contributed by atoms with Crippen molar-refractivity contribution in [2.75, 3.05) is 7.11 Å². The van der Waals surface area contributed by atoms with Crippen molar-refractivity contribution >= 4 is 16.9 Å². The zero-order valence-corrected chi connectivity index (χ0v) is 16.4. The summed E-state index contributed by atoms with van der Waals surface area (Å²) in [6, 6.07) is 12.0. The molecule has 0 amide bonds. The van der Waals surface area contributed by atoms with Crippen LogP contribution in [0.5, 0.6) is 0 Å². The van der Waals surface area contributed by atoms with E-state index >= 15 is 0 Å². The fraction of sp³-hybridized carbons (Fsp3) is 0.136. The zero-order valence-electron chi connectivity index (χ0n) is 16.4. The van der Waals surface area contributed by atoms with Crippen molar-refractivity contribution in [2.24, 2.45) is 0 Å². The molecule has 0 atom stereocenters. The SMILES string of the molecule is COC(=O)c1cc(-c2nn(Cc3cc[n+]([O-])cc3)c(=O)c3cccnc23)ccc1C. The van der Waals surface area contributed by atoms with Crippen LogP contribution in [-0.4, -0.2) is 27.8 Å². The predicted octanol–water partition coefficient (Wildman–Crippen LogP) is 2.24. The van der Waals surface area contributed by atoms with Crippen LogP contribution in [0.3, 0.4) is 0 Å². The third-order valence-corrected chi connectivity index (χ3v) is 4.84. The van der Waals surface area contributed by atoms with Gasteiger partial charge in [-0.05, 0) is 36.2 Å². The number of hydrogen-bond donors (Lipinski definition) is 0. The fourth-order valence-electron chi connectivity index (χ4n) is 3.24. The minimum absolute atomic E-state index is 0.188. The second kappa shape index (κ2) is 7.75. The maximum absolute atomic E-state index is 13.0. The van der Waals surface area contributed by atoms with Crippen LogP contribution >= 0.6 is 0 Å². The summed E-state index contributed by atoms with van der Waals surface area (Å²) in [5.41, 5.74) is 3.22. The van der Waals surface area contributed by atoms with Gasteiger partial charge in [-0.3, -0.25) is 9.78 Å². The lowest BCUT2D eigenvalue weighted by Crippen LogP contribution is -2.27. The molecule has 0 saturated carbocycles. The molecule has 0 unspecified atom stereocenters. The number of hydrogen-bond acceptors (Lipinski definition) is 6. The Labute approximate surface area is 171 Å². The molecule has 150 valence electrons. The first-order valence-corrected chi connectivity index (χ1v) is 9.21. The summed E-state index contributed by atoms with van der Waals surface area (Å²) in [6.07, 6.45) is 4.33. The summed E-state index contributed by atoms with van der Waals surface area (Å²) >= 11 is 0. The van der Waals surface area contributed by atoms with E-state index in [1.807, 2.05) is 13.0 Å². The summed E-state index contributed by atoms with van der Waals surface area (Å²) in [5.74, 6) is -0.449. The molecule has 3 aromatic heterocycles. The average Bonchev–Trinajstić information content (AvgIpc) is 2.77. The molecule has 0 fully saturated rings. The summed E-state index contributed by atoms with van der Waals surface area (Å²) in [5, 5.41) is 16.2. The van der Waals surface area contributed by atoms with Crippen LogP contribution < -0.4 is 10.3 Å². The quantitative estimate of drug-likeness (QED) is 0.295. The van der Waals surface area contributed by atoms with Gasteiger partial charge in [-0.1, -0.05) is 12.1 Å². The van der Waals surface area contributed by atoms with Crippen LogP contribution in [0, 0.1) is 12.1 Å². The highest BCUT2D eigenvalue weighted by Crippen LogP contribution is 2.25. The number of ether oxygens (including phenoxy) is 1. The average molecular weight is 402 g/mol. The third-order valence-electron chi connectivity index (χ3n) is 4.84. The number of methoxy groups -OCH3 is 1. The molecule has 8 heteroatoms. The third kappa shape index (κ3) is 3.50. The number of pyridine rings is 2. The molecular weight excluding hydrogens is 384 g/mol. The number of benzene rings is 1. The van der Waals surface area contributed by atoms with Crippen molar-refractivity contribution in [1.82, 2.24) is 14.8 Å². The maximum Gasteiger partial charge on any atom is 0.338 e. The normalized spacial score (nSPS) is 10.9. The first kappa shape index (κ1) is 19.3. The Morgan fingerprint density at radius 2 is 1.97 bits per heavy atom. The molecule has 0 saturated heterocycles. The number of aryl methyl sites for hydroxylation is 1. The zero-order chi connectivity index (χ0) is 21.3. The standard InChI is InChI=1S/C22H18N4O4/c1-14-5-6-16(12-18(14)22(28)30-2)19-20-17(4-3-9-23-20)21(27)26(24-19)13-15-7-10-25(29)11-8-15/h3-12H,13H2,1-2H3. The summed E-state index contributed by atoms with van der Waals surface area (Å²) < 4.78 is 6.88. The van der Waals surface area contributed by atoms with Crippen molar-refractivity contribution < 1.29 is 14.3 Å². The summed E-state index contributed by atoms with van der Waals surface area (Å²) in [4.78, 5) is 29.5. The highest BCUT2D eigenvalue weighted by Gasteiger charge is 2.17. The van der Waals surface area contributed by atoms with E-state index in [4.69, 9.17) is 4.74 Å². The molecule has 0 spiro atoms. The Balaban J connectivity index is 1.92. The number of nitrogens with zero attached hydrogens (tertiary/aromatic N) is 4. The van der Waals surface area contributed by atoms with Gasteiger partial charge < -0.3 is 9.94 Å². The Morgan fingerprint density at radius 3 is 2.70 bits per heavy atom. The van der Waals surface area contributed by atoms with E-state index < -0.39 is 5.97 Å². The van der Waals surface area contributed by atoms with Crippen molar-refractivity contribution in [3.8, 4) is 11.3 Å². The number of rotatable bonds is 4. The topological polar surface area (TPSA) is 101 Å². The lowest BCUT2D eigenvalue weighted by molar-refractivity contribution is -0.605. The van der Waals surface area contributed by atoms with Crippen molar-refractivity contribution in [2.45, 2.75) is 13.5 Å². The van der Waals surface area contributed by atoms with E-state index in [-0.39, 0.29) is 12.1 Å². The molecule has 0 N–H and O–H groups in total. The largest absolute Gasteiger partial charge is 0.619 e. The van der Waals surface area contributed by atoms with Crippen molar-refractivity contribution in [1.29, 1.82) is 0 Å². The van der Waals surface area contributed by atoms with Gasteiger partial charge in [0, 0.05) is 23.9 Å². The molecule has 8 nitrogen and oxygen atoms in total. The van der Waals surface area contributed by atoms with Crippen LogP contribution in [0.15, 0.2) is 65.8 Å². The van der Waals surface area contributed by atoms with E-state index in [1.54, 1.807) is 42.6 Å². The molecule has 4 aromatic rings. The molecule has 30 heavy (non-hydrogen) atoms. The molecule has 3 heterocycles. The number of esters is 1. The van der Waals surface area contributed by atoms with Gasteiger partial charge in [-0.15, -0.1) is 0 Å². The molecule has 4 rings (SSSR count). The highest BCUT2D eigenvalue weighted by molar-refractivity contribution is 5.95. The molecule has 0 radical (unpaired) electrons. The first-order valence-electron chi connectivity index (χ1n) is 9.21. The Bertz CT molecular complexity index is 1310. The summed E-state index contributed by atoms with van der Waals surface area (Å²) in [7, 11) is 1.33. The van der Waals surface area contributed by atoms with Crippen LogP contribution in [0.4, 0.5) is 0 Å². The van der Waals surface area contributed by atoms with Crippen LogP contribution in [0.1, 0.15) is 21.5 Å². The van der Waals surface area contributed by atoms with E-state index in [0.29, 0.717) is 32.5 Å². The first-order chi connectivity index (χ1) is 14.5. The van der Waals surface area contributed by atoms with Gasteiger partial charge >= 0.3 is 5.97 Å². The van der Waals surface area contributed by atoms with Crippen molar-refractivity contribution in [3.63, 3.8) is 0 Å². The van der Waals surface area contributed by atoms with Crippen LogP contribution in [0.2, 0.25) is 0 Å². The Kier molecular flexibility index (Phi) is 4.97. The second-order valence-electron chi connectivity index (χ2n) is 6.80. The number of aromatic nitrogens is 4. The van der Waals surface area contributed by atoms with E-state index in [9.17, 15) is 14.8 Å². The van der Waals surface area contributed by atoms with Gasteiger partial charge in [-0.2, -0.15) is 9.83 Å². The lowest BCUT2D eigenvalue weighted by Gasteiger charge is -2.12. The van der Waals surface area contributed by atoms with Gasteiger partial charge in [0.2, 0.25) is 0 Å². The minimum Gasteiger partial charge on any atom is -0.619 e. The summed E-state index contributed by atoms with van der Waals surface area (Å²) in [6.45, 7) is 2.01. The van der Waals surface area contributed by atoms with Gasteiger partial charge in [0.25, 0.3) is 5.56 Å².